The van der Waals surface area contributed by atoms with Crippen molar-refractivity contribution in [1.82, 2.24) is 9.21 Å². The Bertz CT molecular complexity index is 970. The summed E-state index contributed by atoms with van der Waals surface area (Å²) in [5.41, 5.74) is 2.40. The Balaban J connectivity index is 1.36. The number of fused-ring (bicyclic) bond motifs is 1. The van der Waals surface area contributed by atoms with Gasteiger partial charge in [-0.3, -0.25) is 4.79 Å². The van der Waals surface area contributed by atoms with Gasteiger partial charge < -0.3 is 9.80 Å². The predicted molar refractivity (Wildman–Crippen MR) is 109 cm³/mol. The van der Waals surface area contributed by atoms with Gasteiger partial charge in [-0.2, -0.15) is 4.31 Å². The molecule has 0 bridgehead atoms. The zero-order valence-electron chi connectivity index (χ0n) is 15.4. The molecule has 0 spiro atoms. The first-order valence-electron chi connectivity index (χ1n) is 9.31. The van der Waals surface area contributed by atoms with Gasteiger partial charge in [-0.1, -0.05) is 29.8 Å². The summed E-state index contributed by atoms with van der Waals surface area (Å²) in [6, 6.07) is 14.3. The number of amides is 1. The van der Waals surface area contributed by atoms with E-state index in [0.29, 0.717) is 37.7 Å². The molecule has 148 valence electrons. The Kier molecular flexibility index (Phi) is 5.31. The Morgan fingerprint density at radius 2 is 1.61 bits per heavy atom. The highest BCUT2D eigenvalue weighted by Gasteiger charge is 2.31. The molecule has 4 rings (SSSR count). The Labute approximate surface area is 170 Å². The molecule has 2 aliphatic rings. The molecule has 0 N–H and O–H groups in total. The third-order valence-electron chi connectivity index (χ3n) is 5.35. The Hall–Kier alpha value is -2.09. The van der Waals surface area contributed by atoms with Crippen LogP contribution < -0.4 is 4.90 Å². The zero-order valence-corrected chi connectivity index (χ0v) is 17.0. The van der Waals surface area contributed by atoms with Crippen LogP contribution in [0.25, 0.3) is 0 Å². The summed E-state index contributed by atoms with van der Waals surface area (Å²) in [5.74, 6) is 0.0419. The molecule has 1 fully saturated rings. The quantitative estimate of drug-likeness (QED) is 0.762. The largest absolute Gasteiger partial charge is 0.362 e. The number of rotatable bonds is 4. The number of anilines is 1. The number of carbonyl (C=O) groups excluding carboxylic acids is 1. The molecule has 0 aromatic heterocycles. The maximum Gasteiger partial charge on any atom is 0.243 e. The predicted octanol–water partition coefficient (Wildman–Crippen LogP) is 2.24. The average molecular weight is 420 g/mol. The van der Waals surface area contributed by atoms with Gasteiger partial charge in [0.15, 0.2) is 0 Å². The Morgan fingerprint density at radius 1 is 0.929 bits per heavy atom. The second-order valence-electron chi connectivity index (χ2n) is 7.04. The maximum absolute atomic E-state index is 12.8. The molecule has 1 amide bonds. The van der Waals surface area contributed by atoms with Crippen molar-refractivity contribution in [3.63, 3.8) is 0 Å². The molecule has 2 aromatic carbocycles. The summed E-state index contributed by atoms with van der Waals surface area (Å²) in [4.78, 5) is 16.8. The lowest BCUT2D eigenvalue weighted by Crippen LogP contribution is -2.52. The van der Waals surface area contributed by atoms with Crippen LogP contribution in [0, 0.1) is 0 Å². The highest BCUT2D eigenvalue weighted by molar-refractivity contribution is 7.89. The highest BCUT2D eigenvalue weighted by atomic mass is 35.5. The third kappa shape index (κ3) is 3.74. The molecule has 2 heterocycles. The Morgan fingerprint density at radius 3 is 2.32 bits per heavy atom. The molecule has 28 heavy (non-hydrogen) atoms. The standard InChI is InChI=1S/C20H22ClN3O3S/c21-17-5-7-18(8-6-17)28(26,27)24-13-11-22(12-14-24)20(25)15-23-10-9-16-3-1-2-4-19(16)23/h1-8H,9-15H2. The number of para-hydroxylation sites is 1. The van der Waals surface area contributed by atoms with E-state index >= 15 is 0 Å². The number of benzene rings is 2. The van der Waals surface area contributed by atoms with Gasteiger partial charge in [0.2, 0.25) is 15.9 Å². The minimum absolute atomic E-state index is 0.0419. The first kappa shape index (κ1) is 19.2. The van der Waals surface area contributed by atoms with Crippen LogP contribution in [-0.4, -0.2) is 62.8 Å². The van der Waals surface area contributed by atoms with E-state index in [0.717, 1.165) is 18.7 Å². The number of hydrogen-bond donors (Lipinski definition) is 0. The van der Waals surface area contributed by atoms with Crippen molar-refractivity contribution in [3.05, 3.63) is 59.1 Å². The van der Waals surface area contributed by atoms with E-state index in [4.69, 9.17) is 11.6 Å². The van der Waals surface area contributed by atoms with E-state index in [1.165, 1.54) is 22.0 Å². The van der Waals surface area contributed by atoms with Crippen molar-refractivity contribution in [2.24, 2.45) is 0 Å². The fourth-order valence-corrected chi connectivity index (χ4v) is 5.32. The van der Waals surface area contributed by atoms with Crippen LogP contribution >= 0.6 is 11.6 Å². The lowest BCUT2D eigenvalue weighted by molar-refractivity contribution is -0.130. The smallest absolute Gasteiger partial charge is 0.243 e. The molecule has 0 radical (unpaired) electrons. The van der Waals surface area contributed by atoms with Crippen LogP contribution in [0.1, 0.15) is 5.56 Å². The van der Waals surface area contributed by atoms with Crippen molar-refractivity contribution in [1.29, 1.82) is 0 Å². The summed E-state index contributed by atoms with van der Waals surface area (Å²) >= 11 is 5.85. The second-order valence-corrected chi connectivity index (χ2v) is 9.41. The molecular formula is C20H22ClN3O3S. The molecule has 0 aliphatic carbocycles. The fraction of sp³-hybridized carbons (Fsp3) is 0.350. The minimum atomic E-state index is -3.56. The topological polar surface area (TPSA) is 60.9 Å². The molecular weight excluding hydrogens is 398 g/mol. The van der Waals surface area contributed by atoms with Crippen LogP contribution in [0.3, 0.4) is 0 Å². The fourth-order valence-electron chi connectivity index (χ4n) is 3.77. The van der Waals surface area contributed by atoms with Gasteiger partial charge in [-0.15, -0.1) is 0 Å². The molecule has 2 aromatic rings. The summed E-state index contributed by atoms with van der Waals surface area (Å²) in [5, 5.41) is 0.498. The van der Waals surface area contributed by atoms with Crippen molar-refractivity contribution in [2.75, 3.05) is 44.2 Å². The van der Waals surface area contributed by atoms with Crippen molar-refractivity contribution < 1.29 is 13.2 Å². The summed E-state index contributed by atoms with van der Waals surface area (Å²) in [7, 11) is -3.56. The monoisotopic (exact) mass is 419 g/mol. The first-order valence-corrected chi connectivity index (χ1v) is 11.1. The summed E-state index contributed by atoms with van der Waals surface area (Å²) in [6.45, 7) is 2.58. The lowest BCUT2D eigenvalue weighted by Gasteiger charge is -2.35. The molecule has 0 saturated carbocycles. The van der Waals surface area contributed by atoms with Crippen molar-refractivity contribution >= 4 is 33.2 Å². The van der Waals surface area contributed by atoms with Crippen molar-refractivity contribution in [2.45, 2.75) is 11.3 Å². The number of hydrogen-bond acceptors (Lipinski definition) is 4. The van der Waals surface area contributed by atoms with Crippen molar-refractivity contribution in [3.8, 4) is 0 Å². The van der Waals surface area contributed by atoms with Gasteiger partial charge in [0, 0.05) is 43.4 Å². The normalized spacial score (nSPS) is 17.6. The van der Waals surface area contributed by atoms with Gasteiger partial charge in [0.25, 0.3) is 0 Å². The molecule has 6 nitrogen and oxygen atoms in total. The van der Waals surface area contributed by atoms with E-state index < -0.39 is 10.0 Å². The molecule has 0 atom stereocenters. The molecule has 1 saturated heterocycles. The maximum atomic E-state index is 12.8. The number of nitrogens with zero attached hydrogens (tertiary/aromatic N) is 3. The van der Waals surface area contributed by atoms with E-state index in [2.05, 4.69) is 11.0 Å². The van der Waals surface area contributed by atoms with Crippen LogP contribution in [0.2, 0.25) is 5.02 Å². The van der Waals surface area contributed by atoms with Gasteiger partial charge in [0.1, 0.15) is 0 Å². The van der Waals surface area contributed by atoms with Crippen LogP contribution in [0.4, 0.5) is 5.69 Å². The van der Waals surface area contributed by atoms with E-state index in [9.17, 15) is 13.2 Å². The molecule has 2 aliphatic heterocycles. The van der Waals surface area contributed by atoms with Crippen LogP contribution in [0.15, 0.2) is 53.4 Å². The number of halogens is 1. The second kappa shape index (κ2) is 7.73. The number of piperazine rings is 1. The average Bonchev–Trinajstić information content (AvgIpc) is 3.11. The van der Waals surface area contributed by atoms with Gasteiger partial charge in [-0.25, -0.2) is 8.42 Å². The van der Waals surface area contributed by atoms with E-state index in [1.807, 2.05) is 18.2 Å². The number of sulfonamides is 1. The van der Waals surface area contributed by atoms with Gasteiger partial charge in [0.05, 0.1) is 11.4 Å². The van der Waals surface area contributed by atoms with Crippen LogP contribution in [0.5, 0.6) is 0 Å². The summed E-state index contributed by atoms with van der Waals surface area (Å²) < 4.78 is 27.0. The van der Waals surface area contributed by atoms with E-state index in [1.54, 1.807) is 17.0 Å². The van der Waals surface area contributed by atoms with Gasteiger partial charge in [-0.05, 0) is 42.3 Å². The van der Waals surface area contributed by atoms with E-state index in [-0.39, 0.29) is 10.8 Å². The molecule has 0 unspecified atom stereocenters. The minimum Gasteiger partial charge on any atom is -0.362 e. The van der Waals surface area contributed by atoms with Gasteiger partial charge >= 0.3 is 0 Å². The lowest BCUT2D eigenvalue weighted by atomic mass is 10.2. The summed E-state index contributed by atoms with van der Waals surface area (Å²) in [6.07, 6.45) is 0.955. The highest BCUT2D eigenvalue weighted by Crippen LogP contribution is 2.27. The van der Waals surface area contributed by atoms with Crippen LogP contribution in [-0.2, 0) is 21.2 Å². The SMILES string of the molecule is O=C(CN1CCc2ccccc21)N1CCN(S(=O)(=O)c2ccc(Cl)cc2)CC1. The zero-order chi connectivity index (χ0) is 19.7. The third-order valence-corrected chi connectivity index (χ3v) is 7.52. The number of carbonyl (C=O) groups is 1. The molecule has 8 heteroatoms. The first-order chi connectivity index (χ1) is 13.4.